The first-order chi connectivity index (χ1) is 15.5. The van der Waals surface area contributed by atoms with Crippen molar-refractivity contribution in [2.45, 2.75) is 6.54 Å². The van der Waals surface area contributed by atoms with Gasteiger partial charge in [-0.15, -0.1) is 0 Å². The second-order valence-electron chi connectivity index (χ2n) is 7.43. The molecule has 11 nitrogen and oxygen atoms in total. The minimum absolute atomic E-state index is 0.323. The van der Waals surface area contributed by atoms with Gasteiger partial charge in [-0.25, -0.2) is 14.8 Å². The highest BCUT2D eigenvalue weighted by atomic mass is 79.9. The first-order valence-corrected chi connectivity index (χ1v) is 11.0. The quantitative estimate of drug-likeness (QED) is 0.559. The van der Waals surface area contributed by atoms with Crippen molar-refractivity contribution in [1.29, 1.82) is 0 Å². The number of aromatic nitrogens is 4. The van der Waals surface area contributed by atoms with Crippen molar-refractivity contribution < 1.29 is 14.6 Å². The fourth-order valence-electron chi connectivity index (χ4n) is 3.94. The van der Waals surface area contributed by atoms with Crippen LogP contribution in [0, 0.1) is 0 Å². The fraction of sp³-hybridized carbons (Fsp3) is 0.350. The third-order valence-corrected chi connectivity index (χ3v) is 6.16. The van der Waals surface area contributed by atoms with Crippen LogP contribution < -0.4 is 20.6 Å². The van der Waals surface area contributed by atoms with Gasteiger partial charge in [0, 0.05) is 51.0 Å². The Morgan fingerprint density at radius 3 is 2.78 bits per heavy atom. The Kier molecular flexibility index (Phi) is 5.29. The predicted octanol–water partition coefficient (Wildman–Crippen LogP) is 2.01. The van der Waals surface area contributed by atoms with E-state index in [2.05, 4.69) is 45.8 Å². The molecule has 1 aromatic heterocycles. The average Bonchev–Trinajstić information content (AvgIpc) is 3.31. The van der Waals surface area contributed by atoms with Gasteiger partial charge in [0.05, 0.1) is 11.6 Å². The molecule has 32 heavy (non-hydrogen) atoms. The minimum Gasteiger partial charge on any atom is -0.479 e. The lowest BCUT2D eigenvalue weighted by atomic mass is 10.2. The molecule has 4 aliphatic rings. The van der Waals surface area contributed by atoms with Crippen LogP contribution in [0.3, 0.4) is 0 Å². The highest BCUT2D eigenvalue weighted by Crippen LogP contribution is 2.33. The lowest BCUT2D eigenvalue weighted by molar-refractivity contribution is 0.142. The number of halogens is 1. The van der Waals surface area contributed by atoms with Crippen LogP contribution in [0.2, 0.25) is 0 Å². The van der Waals surface area contributed by atoms with Gasteiger partial charge in [-0.2, -0.15) is 9.97 Å². The number of ether oxygens (including phenoxy) is 1. The monoisotopic (exact) mass is 500 g/mol. The topological polar surface area (TPSA) is 121 Å². The number of nitrogens with zero attached hydrogens (tertiary/aromatic N) is 7. The lowest BCUT2D eigenvalue weighted by Crippen LogP contribution is -2.48. The third-order valence-electron chi connectivity index (χ3n) is 5.56. The van der Waals surface area contributed by atoms with Crippen LogP contribution in [0.5, 0.6) is 5.88 Å². The summed E-state index contributed by atoms with van der Waals surface area (Å²) in [6.07, 6.45) is 0.861. The van der Waals surface area contributed by atoms with E-state index in [4.69, 9.17) is 9.84 Å². The molecule has 2 N–H and O–H groups in total. The normalized spacial score (nSPS) is 16.2. The summed E-state index contributed by atoms with van der Waals surface area (Å²) in [6, 6.07) is 5.66. The second kappa shape index (κ2) is 8.26. The predicted molar refractivity (Wildman–Crippen MR) is 121 cm³/mol. The zero-order valence-electron chi connectivity index (χ0n) is 17.3. The van der Waals surface area contributed by atoms with Crippen molar-refractivity contribution >= 4 is 39.3 Å². The highest BCUT2D eigenvalue weighted by molar-refractivity contribution is 9.10. The number of carboxylic acid groups (broad SMARTS) is 1. The Labute approximate surface area is 191 Å². The van der Waals surface area contributed by atoms with Gasteiger partial charge < -0.3 is 29.5 Å². The average molecular weight is 501 g/mol. The molecule has 0 atom stereocenters. The van der Waals surface area contributed by atoms with Gasteiger partial charge in [0.25, 0.3) is 5.62 Å². The first-order valence-electron chi connectivity index (χ1n) is 10.2. The Morgan fingerprint density at radius 1 is 1.22 bits per heavy atom. The minimum atomic E-state index is -0.897. The molecule has 0 aromatic carbocycles. The zero-order chi connectivity index (χ0) is 22.2. The Balaban J connectivity index is 1.47. The van der Waals surface area contributed by atoms with Gasteiger partial charge >= 0.3 is 6.09 Å². The summed E-state index contributed by atoms with van der Waals surface area (Å²) in [5, 5.41) is 12.5. The largest absolute Gasteiger partial charge is 0.479 e. The molecule has 0 aliphatic carbocycles. The number of nitrogens with one attached hydrogen (secondary N) is 1. The molecule has 1 fully saturated rings. The van der Waals surface area contributed by atoms with Crippen LogP contribution in [0.15, 0.2) is 33.9 Å². The highest BCUT2D eigenvalue weighted by Gasteiger charge is 2.22. The molecule has 0 radical (unpaired) electrons. The van der Waals surface area contributed by atoms with E-state index in [9.17, 15) is 4.79 Å². The van der Waals surface area contributed by atoms with E-state index in [0.29, 0.717) is 43.4 Å². The summed E-state index contributed by atoms with van der Waals surface area (Å²) >= 11 is 3.59. The molecule has 5 rings (SSSR count). The molecule has 1 amide bonds. The summed E-state index contributed by atoms with van der Waals surface area (Å²) in [5.74, 6) is 2.88. The molecule has 0 bridgehead atoms. The van der Waals surface area contributed by atoms with Crippen molar-refractivity contribution in [3.63, 3.8) is 0 Å². The molecular weight excluding hydrogens is 480 g/mol. The summed E-state index contributed by atoms with van der Waals surface area (Å²) in [6.45, 7) is 3.66. The maximum atomic E-state index is 11.1. The van der Waals surface area contributed by atoms with E-state index in [1.807, 2.05) is 23.1 Å². The maximum absolute atomic E-state index is 11.1. The molecule has 4 aliphatic heterocycles. The van der Waals surface area contributed by atoms with Crippen molar-refractivity contribution in [1.82, 2.24) is 24.4 Å². The van der Waals surface area contributed by atoms with Crippen LogP contribution in [-0.4, -0.2) is 75.5 Å². The van der Waals surface area contributed by atoms with E-state index >= 15 is 0 Å². The van der Waals surface area contributed by atoms with Gasteiger partial charge in [0.2, 0.25) is 5.88 Å². The van der Waals surface area contributed by atoms with E-state index < -0.39 is 6.09 Å². The van der Waals surface area contributed by atoms with E-state index in [1.165, 1.54) is 4.90 Å². The van der Waals surface area contributed by atoms with Crippen molar-refractivity contribution in [3.05, 3.63) is 34.5 Å². The molecule has 166 valence electrons. The standard InChI is InChI=1S/C20H21BrN8O3/c1-32-18-14(2-3-15(25-18)27-6-8-28(9-7-27)20(30)31)24-19-23-11-12-10-13(21)17-22-4-5-29(17)16(12)26-19/h2-3,10-11,22H,4-9H2,1H3,(H,30,31). The lowest BCUT2D eigenvalue weighted by Gasteiger charge is -2.33. The van der Waals surface area contributed by atoms with Crippen LogP contribution in [-0.2, 0) is 6.54 Å². The van der Waals surface area contributed by atoms with E-state index in [1.54, 1.807) is 13.3 Å². The van der Waals surface area contributed by atoms with Gasteiger partial charge in [-0.1, -0.05) is 0 Å². The van der Waals surface area contributed by atoms with Crippen LogP contribution in [0.25, 0.3) is 11.4 Å². The van der Waals surface area contributed by atoms with Gasteiger partial charge in [0.15, 0.2) is 0 Å². The molecule has 1 aromatic rings. The van der Waals surface area contributed by atoms with Gasteiger partial charge in [0.1, 0.15) is 23.1 Å². The summed E-state index contributed by atoms with van der Waals surface area (Å²) in [5.41, 5.74) is 1.77. The van der Waals surface area contributed by atoms with Crippen LogP contribution >= 0.6 is 15.9 Å². The number of fused-ring (bicyclic) bond motifs is 3. The first kappa shape index (κ1) is 20.5. The number of anilines is 2. The van der Waals surface area contributed by atoms with Crippen molar-refractivity contribution in [2.75, 3.05) is 50.1 Å². The summed E-state index contributed by atoms with van der Waals surface area (Å²) < 4.78 is 8.55. The molecule has 0 saturated carbocycles. The van der Waals surface area contributed by atoms with Gasteiger partial charge in [-0.05, 0) is 34.1 Å². The molecule has 1 saturated heterocycles. The number of amides is 1. The number of rotatable bonds is 3. The van der Waals surface area contributed by atoms with E-state index in [0.717, 1.165) is 40.6 Å². The van der Waals surface area contributed by atoms with Crippen LogP contribution in [0.4, 0.5) is 22.1 Å². The van der Waals surface area contributed by atoms with Crippen LogP contribution in [0.1, 0.15) is 0 Å². The summed E-state index contributed by atoms with van der Waals surface area (Å²) in [4.78, 5) is 32.8. The number of piperazine rings is 1. The Hall–Kier alpha value is -3.41. The molecular formula is C20H21BrN8O3. The van der Waals surface area contributed by atoms with Crippen molar-refractivity contribution in [3.8, 4) is 17.3 Å². The number of carbonyl (C=O) groups is 1. The third kappa shape index (κ3) is 3.70. The second-order valence-corrected chi connectivity index (χ2v) is 8.29. The Morgan fingerprint density at radius 2 is 2.03 bits per heavy atom. The molecule has 0 unspecified atom stereocenters. The van der Waals surface area contributed by atoms with Gasteiger partial charge in [-0.3, -0.25) is 0 Å². The smallest absolute Gasteiger partial charge is 0.407 e. The van der Waals surface area contributed by atoms with E-state index in [-0.39, 0.29) is 0 Å². The number of hydrogen-bond acceptors (Lipinski definition) is 8. The number of hydrogen-bond donors (Lipinski definition) is 2. The Bertz CT molecular complexity index is 1220. The maximum Gasteiger partial charge on any atom is 0.407 e. The zero-order valence-corrected chi connectivity index (χ0v) is 18.9. The summed E-state index contributed by atoms with van der Waals surface area (Å²) in [7, 11) is 1.54. The fourth-order valence-corrected chi connectivity index (χ4v) is 4.54. The number of pyridine rings is 2. The molecule has 0 spiro atoms. The molecule has 12 heteroatoms. The SMILES string of the molecule is COc1nc(N2CCN(C(=O)O)CC2)ccc1N=c1ncc2cc(Br)c3n(c-2n1)CCN3. The molecule has 5 heterocycles. The number of methoxy groups -OCH3 is 1. The van der Waals surface area contributed by atoms with Crippen molar-refractivity contribution in [2.24, 2.45) is 4.99 Å².